The molecule has 2 aromatic rings. The maximum atomic E-state index is 10.5. The molecule has 1 N–H and O–H groups in total. The summed E-state index contributed by atoms with van der Waals surface area (Å²) >= 11 is 1.41. The van der Waals surface area contributed by atoms with Crippen LogP contribution in [0.25, 0.3) is 0 Å². The summed E-state index contributed by atoms with van der Waals surface area (Å²) in [5.74, 6) is 0.152. The van der Waals surface area contributed by atoms with Crippen molar-refractivity contribution in [2.24, 2.45) is 0 Å². The van der Waals surface area contributed by atoms with Gasteiger partial charge in [0.15, 0.2) is 5.13 Å². The number of carboxylic acid groups (broad SMARTS) is 1. The second-order valence-corrected chi connectivity index (χ2v) is 5.92. The minimum absolute atomic E-state index is 0.152. The number of rotatable bonds is 4. The van der Waals surface area contributed by atoms with Crippen LogP contribution in [0.2, 0.25) is 0 Å². The normalized spacial score (nSPS) is 15.7. The Kier molecular flexibility index (Phi) is 4.55. The number of ether oxygens (including phenoxy) is 1. The molecule has 116 valence electrons. The van der Waals surface area contributed by atoms with E-state index in [0.29, 0.717) is 0 Å². The third kappa shape index (κ3) is 3.75. The summed E-state index contributed by atoms with van der Waals surface area (Å²) in [4.78, 5) is 19.3. The van der Waals surface area contributed by atoms with E-state index in [1.807, 2.05) is 6.07 Å². The Morgan fingerprint density at radius 1 is 1.23 bits per heavy atom. The average molecular weight is 319 g/mol. The third-order valence-corrected chi connectivity index (χ3v) is 4.43. The largest absolute Gasteiger partial charge is 0.512 e. The zero-order valence-corrected chi connectivity index (χ0v) is 12.8. The summed E-state index contributed by atoms with van der Waals surface area (Å²) in [6.07, 6.45) is -1.33. The Labute approximate surface area is 132 Å². The van der Waals surface area contributed by atoms with Crippen LogP contribution in [0.4, 0.5) is 9.93 Å². The zero-order valence-electron chi connectivity index (χ0n) is 12.0. The average Bonchev–Trinajstić information content (AvgIpc) is 2.97. The van der Waals surface area contributed by atoms with Crippen LogP contribution in [0.3, 0.4) is 0 Å². The number of carbonyl (C=O) groups is 1. The molecule has 1 aromatic carbocycles. The third-order valence-electron chi connectivity index (χ3n) is 3.55. The molecule has 7 heteroatoms. The molecule has 0 atom stereocenters. The molecule has 1 aliphatic rings. The van der Waals surface area contributed by atoms with E-state index in [4.69, 9.17) is 5.11 Å². The van der Waals surface area contributed by atoms with Gasteiger partial charge < -0.3 is 14.7 Å². The topological polar surface area (TPSA) is 65.9 Å². The molecule has 0 unspecified atom stereocenters. The highest BCUT2D eigenvalue weighted by Crippen LogP contribution is 2.26. The highest BCUT2D eigenvalue weighted by Gasteiger charge is 2.20. The summed E-state index contributed by atoms with van der Waals surface area (Å²) in [5, 5.41) is 11.0. The number of hydrogen-bond acceptors (Lipinski definition) is 6. The number of thiazole rings is 1. The van der Waals surface area contributed by atoms with E-state index in [9.17, 15) is 4.79 Å². The van der Waals surface area contributed by atoms with Crippen LogP contribution in [0.5, 0.6) is 5.88 Å². The predicted octanol–water partition coefficient (Wildman–Crippen LogP) is 2.52. The van der Waals surface area contributed by atoms with Crippen LogP contribution in [-0.4, -0.2) is 47.3 Å². The van der Waals surface area contributed by atoms with Gasteiger partial charge in [0.25, 0.3) is 0 Å². The van der Waals surface area contributed by atoms with Crippen LogP contribution in [0, 0.1) is 0 Å². The number of benzene rings is 1. The molecule has 2 heterocycles. The van der Waals surface area contributed by atoms with Crippen molar-refractivity contribution in [2.75, 3.05) is 31.1 Å². The molecule has 1 fully saturated rings. The highest BCUT2D eigenvalue weighted by atomic mass is 32.1. The van der Waals surface area contributed by atoms with Crippen LogP contribution in [0.15, 0.2) is 35.7 Å². The van der Waals surface area contributed by atoms with Gasteiger partial charge >= 0.3 is 6.16 Å². The van der Waals surface area contributed by atoms with Crippen LogP contribution in [0.1, 0.15) is 5.56 Å². The van der Waals surface area contributed by atoms with E-state index in [0.717, 1.165) is 37.9 Å². The SMILES string of the molecule is O=C(O)Oc1csc(N2CCN(Cc3ccccc3)CC2)n1. The van der Waals surface area contributed by atoms with Gasteiger partial charge in [-0.25, -0.2) is 4.79 Å². The van der Waals surface area contributed by atoms with Crippen molar-refractivity contribution in [1.82, 2.24) is 9.88 Å². The fourth-order valence-corrected chi connectivity index (χ4v) is 3.25. The van der Waals surface area contributed by atoms with Gasteiger partial charge in [-0.3, -0.25) is 4.90 Å². The summed E-state index contributed by atoms with van der Waals surface area (Å²) in [6, 6.07) is 10.4. The Bertz CT molecular complexity index is 624. The lowest BCUT2D eigenvalue weighted by Crippen LogP contribution is -2.45. The molecule has 1 aliphatic heterocycles. The monoisotopic (exact) mass is 319 g/mol. The maximum Gasteiger partial charge on any atom is 0.512 e. The van der Waals surface area contributed by atoms with Crippen LogP contribution >= 0.6 is 11.3 Å². The van der Waals surface area contributed by atoms with E-state index >= 15 is 0 Å². The van der Waals surface area contributed by atoms with Gasteiger partial charge in [0, 0.05) is 32.7 Å². The van der Waals surface area contributed by atoms with E-state index in [-0.39, 0.29) is 5.88 Å². The molecule has 0 radical (unpaired) electrons. The highest BCUT2D eigenvalue weighted by molar-refractivity contribution is 7.13. The second-order valence-electron chi connectivity index (χ2n) is 5.09. The van der Waals surface area contributed by atoms with Gasteiger partial charge in [-0.15, -0.1) is 11.3 Å². The number of aromatic nitrogens is 1. The maximum absolute atomic E-state index is 10.5. The second kappa shape index (κ2) is 6.76. The molecule has 0 amide bonds. The first-order valence-corrected chi connectivity index (χ1v) is 7.96. The summed E-state index contributed by atoms with van der Waals surface area (Å²) in [7, 11) is 0. The zero-order chi connectivity index (χ0) is 15.4. The minimum atomic E-state index is -1.33. The van der Waals surface area contributed by atoms with E-state index < -0.39 is 6.16 Å². The first-order chi connectivity index (χ1) is 10.7. The Hall–Kier alpha value is -2.12. The standard InChI is InChI=1S/C15H17N3O3S/c19-15(20)21-13-11-22-14(16-13)18-8-6-17(7-9-18)10-12-4-2-1-3-5-12/h1-5,11H,6-10H2,(H,19,20). The van der Waals surface area contributed by atoms with Gasteiger partial charge in [0.1, 0.15) is 0 Å². The molecule has 3 rings (SSSR count). The summed E-state index contributed by atoms with van der Waals surface area (Å²) < 4.78 is 4.56. The summed E-state index contributed by atoms with van der Waals surface area (Å²) in [5.41, 5.74) is 1.32. The fraction of sp³-hybridized carbons (Fsp3) is 0.333. The predicted molar refractivity (Wildman–Crippen MR) is 84.7 cm³/mol. The number of nitrogens with zero attached hydrogens (tertiary/aromatic N) is 3. The first-order valence-electron chi connectivity index (χ1n) is 7.08. The molecular formula is C15H17N3O3S. The molecule has 22 heavy (non-hydrogen) atoms. The lowest BCUT2D eigenvalue weighted by Gasteiger charge is -2.34. The van der Waals surface area contributed by atoms with Gasteiger partial charge in [0.2, 0.25) is 5.88 Å². The number of piperazine rings is 1. The molecule has 0 spiro atoms. The molecule has 0 saturated carbocycles. The molecule has 1 saturated heterocycles. The van der Waals surface area contributed by atoms with Crippen molar-refractivity contribution in [3.05, 3.63) is 41.3 Å². The fourth-order valence-electron chi connectivity index (χ4n) is 2.47. The van der Waals surface area contributed by atoms with E-state index in [1.54, 1.807) is 5.38 Å². The quantitative estimate of drug-likeness (QED) is 0.874. The van der Waals surface area contributed by atoms with Crippen molar-refractivity contribution < 1.29 is 14.6 Å². The van der Waals surface area contributed by atoms with Crippen molar-refractivity contribution in [3.63, 3.8) is 0 Å². The van der Waals surface area contributed by atoms with E-state index in [2.05, 4.69) is 43.8 Å². The van der Waals surface area contributed by atoms with Crippen molar-refractivity contribution >= 4 is 22.6 Å². The van der Waals surface area contributed by atoms with Gasteiger partial charge in [-0.05, 0) is 5.56 Å². The Balaban J connectivity index is 1.53. The van der Waals surface area contributed by atoms with Crippen molar-refractivity contribution in [1.29, 1.82) is 0 Å². The van der Waals surface area contributed by atoms with E-state index in [1.165, 1.54) is 16.9 Å². The number of hydrogen-bond donors (Lipinski definition) is 1. The molecular weight excluding hydrogens is 302 g/mol. The summed E-state index contributed by atoms with van der Waals surface area (Å²) in [6.45, 7) is 4.65. The molecule has 0 bridgehead atoms. The molecule has 6 nitrogen and oxygen atoms in total. The van der Waals surface area contributed by atoms with Crippen molar-refractivity contribution in [2.45, 2.75) is 6.54 Å². The number of anilines is 1. The first kappa shape index (κ1) is 14.8. The molecule has 0 aliphatic carbocycles. The lowest BCUT2D eigenvalue weighted by atomic mass is 10.2. The Morgan fingerprint density at radius 2 is 1.95 bits per heavy atom. The molecule has 1 aromatic heterocycles. The van der Waals surface area contributed by atoms with Crippen LogP contribution in [-0.2, 0) is 6.54 Å². The smallest absolute Gasteiger partial charge is 0.449 e. The van der Waals surface area contributed by atoms with Crippen molar-refractivity contribution in [3.8, 4) is 5.88 Å². The van der Waals surface area contributed by atoms with Gasteiger partial charge in [-0.2, -0.15) is 4.98 Å². The van der Waals surface area contributed by atoms with Gasteiger partial charge in [0.05, 0.1) is 5.38 Å². The Morgan fingerprint density at radius 3 is 2.64 bits per heavy atom. The minimum Gasteiger partial charge on any atom is -0.449 e. The van der Waals surface area contributed by atoms with Gasteiger partial charge in [-0.1, -0.05) is 30.3 Å². The lowest BCUT2D eigenvalue weighted by molar-refractivity contribution is 0.143. The van der Waals surface area contributed by atoms with Crippen LogP contribution < -0.4 is 9.64 Å².